The number of anilines is 2. The Bertz CT molecular complexity index is 735. The van der Waals surface area contributed by atoms with Gasteiger partial charge in [-0.2, -0.15) is 0 Å². The zero-order valence-electron chi connectivity index (χ0n) is 10.3. The van der Waals surface area contributed by atoms with E-state index >= 15 is 0 Å². The first kappa shape index (κ1) is 15.2. The van der Waals surface area contributed by atoms with Crippen molar-refractivity contribution in [2.75, 3.05) is 10.5 Å². The SMILES string of the molecule is Nc1ccccc1CS(=O)(=O)Nc1cccc(Cl)c1Br. The number of nitrogen functional groups attached to an aromatic ring is 1. The number of rotatable bonds is 4. The molecule has 0 radical (unpaired) electrons. The molecule has 0 aliphatic rings. The third-order valence-electron chi connectivity index (χ3n) is 2.62. The first-order chi connectivity index (χ1) is 9.39. The molecule has 0 atom stereocenters. The summed E-state index contributed by atoms with van der Waals surface area (Å²) in [4.78, 5) is 0. The highest BCUT2D eigenvalue weighted by Gasteiger charge is 2.15. The third-order valence-corrected chi connectivity index (χ3v) is 5.24. The van der Waals surface area contributed by atoms with Gasteiger partial charge in [0.05, 0.1) is 20.9 Å². The van der Waals surface area contributed by atoms with Gasteiger partial charge in [-0.1, -0.05) is 35.9 Å². The maximum atomic E-state index is 12.2. The van der Waals surface area contributed by atoms with E-state index in [-0.39, 0.29) is 5.75 Å². The molecule has 2 rings (SSSR count). The second-order valence-electron chi connectivity index (χ2n) is 4.16. The molecule has 0 aliphatic carbocycles. The van der Waals surface area contributed by atoms with E-state index in [1.165, 1.54) is 0 Å². The summed E-state index contributed by atoms with van der Waals surface area (Å²) in [6.07, 6.45) is 0. The van der Waals surface area contributed by atoms with Crippen molar-refractivity contribution in [3.63, 3.8) is 0 Å². The minimum Gasteiger partial charge on any atom is -0.398 e. The number of hydrogen-bond acceptors (Lipinski definition) is 3. The molecule has 7 heteroatoms. The minimum atomic E-state index is -3.57. The zero-order valence-corrected chi connectivity index (χ0v) is 13.5. The predicted octanol–water partition coefficient (Wildman–Crippen LogP) is 3.63. The van der Waals surface area contributed by atoms with Gasteiger partial charge < -0.3 is 5.73 Å². The summed E-state index contributed by atoms with van der Waals surface area (Å²) in [5.41, 5.74) is 7.15. The van der Waals surface area contributed by atoms with Crippen molar-refractivity contribution in [1.29, 1.82) is 0 Å². The Balaban J connectivity index is 2.24. The molecule has 20 heavy (non-hydrogen) atoms. The molecule has 0 bridgehead atoms. The molecule has 106 valence electrons. The van der Waals surface area contributed by atoms with Crippen LogP contribution in [0.3, 0.4) is 0 Å². The minimum absolute atomic E-state index is 0.196. The second-order valence-corrected chi connectivity index (χ2v) is 7.08. The first-order valence-electron chi connectivity index (χ1n) is 5.67. The van der Waals surface area contributed by atoms with Crippen LogP contribution in [-0.4, -0.2) is 8.42 Å². The fraction of sp³-hybridized carbons (Fsp3) is 0.0769. The van der Waals surface area contributed by atoms with Crippen molar-refractivity contribution in [3.05, 3.63) is 57.5 Å². The quantitative estimate of drug-likeness (QED) is 0.802. The standard InChI is InChI=1S/C13H12BrClN2O2S/c14-13-10(15)5-3-7-12(13)17-20(18,19)8-9-4-1-2-6-11(9)16/h1-7,17H,8,16H2. The lowest BCUT2D eigenvalue weighted by Crippen LogP contribution is -2.16. The first-order valence-corrected chi connectivity index (χ1v) is 8.49. The Hall–Kier alpha value is -1.24. The maximum absolute atomic E-state index is 12.2. The van der Waals surface area contributed by atoms with Gasteiger partial charge in [0, 0.05) is 5.69 Å². The number of nitrogens with one attached hydrogen (secondary N) is 1. The lowest BCUT2D eigenvalue weighted by atomic mass is 10.2. The molecule has 2 aromatic rings. The molecule has 0 unspecified atom stereocenters. The molecule has 0 saturated carbocycles. The predicted molar refractivity (Wildman–Crippen MR) is 86.3 cm³/mol. The molecule has 2 aromatic carbocycles. The number of sulfonamides is 1. The highest BCUT2D eigenvalue weighted by atomic mass is 79.9. The number of hydrogen-bond donors (Lipinski definition) is 2. The molecule has 3 N–H and O–H groups in total. The van der Waals surface area contributed by atoms with Crippen LogP contribution in [0.15, 0.2) is 46.9 Å². The lowest BCUT2D eigenvalue weighted by molar-refractivity contribution is 0.600. The van der Waals surface area contributed by atoms with E-state index in [2.05, 4.69) is 20.7 Å². The molecule has 0 amide bonds. The van der Waals surface area contributed by atoms with Crippen LogP contribution in [0.2, 0.25) is 5.02 Å². The van der Waals surface area contributed by atoms with Gasteiger partial charge in [-0.15, -0.1) is 0 Å². The molecule has 0 aromatic heterocycles. The van der Waals surface area contributed by atoms with E-state index in [0.29, 0.717) is 26.4 Å². The molecule has 0 spiro atoms. The van der Waals surface area contributed by atoms with E-state index in [1.54, 1.807) is 42.5 Å². The monoisotopic (exact) mass is 374 g/mol. The average molecular weight is 376 g/mol. The maximum Gasteiger partial charge on any atom is 0.237 e. The molecule has 0 fully saturated rings. The number of nitrogens with two attached hydrogens (primary N) is 1. The van der Waals surface area contributed by atoms with E-state index in [4.69, 9.17) is 17.3 Å². The van der Waals surface area contributed by atoms with Crippen LogP contribution >= 0.6 is 27.5 Å². The van der Waals surface area contributed by atoms with E-state index in [0.717, 1.165) is 0 Å². The van der Waals surface area contributed by atoms with Crippen LogP contribution < -0.4 is 10.5 Å². The summed E-state index contributed by atoms with van der Waals surface area (Å²) in [5, 5.41) is 0.435. The topological polar surface area (TPSA) is 72.2 Å². The molecular formula is C13H12BrClN2O2S. The summed E-state index contributed by atoms with van der Waals surface area (Å²) in [7, 11) is -3.57. The van der Waals surface area contributed by atoms with Gasteiger partial charge in [0.1, 0.15) is 0 Å². The average Bonchev–Trinajstić information content (AvgIpc) is 2.37. The summed E-state index contributed by atoms with van der Waals surface area (Å²) < 4.78 is 27.3. The van der Waals surface area contributed by atoms with Crippen LogP contribution in [0.1, 0.15) is 5.56 Å². The molecule has 0 saturated heterocycles. The summed E-state index contributed by atoms with van der Waals surface area (Å²) in [5.74, 6) is -0.196. The van der Waals surface area contributed by atoms with Crippen molar-refractivity contribution >= 4 is 48.9 Å². The highest BCUT2D eigenvalue weighted by molar-refractivity contribution is 9.10. The molecule has 0 aliphatic heterocycles. The Labute approximate surface area is 131 Å². The van der Waals surface area contributed by atoms with E-state index < -0.39 is 10.0 Å². The van der Waals surface area contributed by atoms with Gasteiger partial charge in [0.15, 0.2) is 0 Å². The van der Waals surface area contributed by atoms with Crippen LogP contribution in [0, 0.1) is 0 Å². The van der Waals surface area contributed by atoms with E-state index in [9.17, 15) is 8.42 Å². The number of benzene rings is 2. The number of halogens is 2. The summed E-state index contributed by atoms with van der Waals surface area (Å²) >= 11 is 9.18. The van der Waals surface area contributed by atoms with Gasteiger partial charge in [0.25, 0.3) is 0 Å². The second kappa shape index (κ2) is 6.03. The van der Waals surface area contributed by atoms with Gasteiger partial charge in [0.2, 0.25) is 10.0 Å². The van der Waals surface area contributed by atoms with Crippen LogP contribution in [0.4, 0.5) is 11.4 Å². The van der Waals surface area contributed by atoms with Crippen molar-refractivity contribution in [2.24, 2.45) is 0 Å². The largest absolute Gasteiger partial charge is 0.398 e. The van der Waals surface area contributed by atoms with E-state index in [1.807, 2.05) is 0 Å². The van der Waals surface area contributed by atoms with Crippen molar-refractivity contribution in [3.8, 4) is 0 Å². The smallest absolute Gasteiger partial charge is 0.237 e. The molecule has 0 heterocycles. The van der Waals surface area contributed by atoms with Crippen LogP contribution in [0.5, 0.6) is 0 Å². The fourth-order valence-corrected chi connectivity index (χ4v) is 3.58. The summed E-state index contributed by atoms with van der Waals surface area (Å²) in [6.45, 7) is 0. The number of para-hydroxylation sites is 1. The van der Waals surface area contributed by atoms with Gasteiger partial charge in [-0.25, -0.2) is 8.42 Å². The molecular weight excluding hydrogens is 364 g/mol. The Kier molecular flexibility index (Phi) is 4.57. The molecule has 4 nitrogen and oxygen atoms in total. The fourth-order valence-electron chi connectivity index (χ4n) is 1.66. The third kappa shape index (κ3) is 3.65. The van der Waals surface area contributed by atoms with Crippen LogP contribution in [-0.2, 0) is 15.8 Å². The Morgan fingerprint density at radius 2 is 1.85 bits per heavy atom. The van der Waals surface area contributed by atoms with Crippen molar-refractivity contribution in [1.82, 2.24) is 0 Å². The van der Waals surface area contributed by atoms with Gasteiger partial charge >= 0.3 is 0 Å². The van der Waals surface area contributed by atoms with Crippen LogP contribution in [0.25, 0.3) is 0 Å². The Morgan fingerprint density at radius 3 is 2.55 bits per heavy atom. The van der Waals surface area contributed by atoms with Crippen molar-refractivity contribution < 1.29 is 8.42 Å². The summed E-state index contributed by atoms with van der Waals surface area (Å²) in [6, 6.07) is 11.8. The zero-order chi connectivity index (χ0) is 14.8. The highest BCUT2D eigenvalue weighted by Crippen LogP contribution is 2.31. The lowest BCUT2D eigenvalue weighted by Gasteiger charge is -2.11. The van der Waals surface area contributed by atoms with Gasteiger partial charge in [-0.05, 0) is 39.7 Å². The Morgan fingerprint density at radius 1 is 1.15 bits per heavy atom. The van der Waals surface area contributed by atoms with Gasteiger partial charge in [-0.3, -0.25) is 4.72 Å². The normalized spacial score (nSPS) is 11.3. The van der Waals surface area contributed by atoms with Crippen molar-refractivity contribution in [2.45, 2.75) is 5.75 Å².